The molecule has 2 heterocycles. The molecule has 1 aromatic carbocycles. The molecule has 6 heteroatoms. The van der Waals surface area contributed by atoms with Gasteiger partial charge in [0.25, 0.3) is 0 Å². The van der Waals surface area contributed by atoms with Gasteiger partial charge in [0.1, 0.15) is 6.61 Å². The third-order valence-corrected chi connectivity index (χ3v) is 4.42. The summed E-state index contributed by atoms with van der Waals surface area (Å²) in [5.41, 5.74) is 1.93. The van der Waals surface area contributed by atoms with E-state index < -0.39 is 7.12 Å². The largest absolute Gasteiger partial charge is 0.494 e. The van der Waals surface area contributed by atoms with E-state index in [0.717, 1.165) is 16.7 Å². The minimum Gasteiger partial charge on any atom is -0.399 e. The summed E-state index contributed by atoms with van der Waals surface area (Å²) in [5.74, 6) is -0.128. The maximum absolute atomic E-state index is 11.5. The SMILES string of the molecule is CC1(C)OB(c2ccc3c(c2)COCC(=O)N3)OC1(C)C. The van der Waals surface area contributed by atoms with Crippen LogP contribution in [0.25, 0.3) is 0 Å². The number of benzene rings is 1. The fourth-order valence-electron chi connectivity index (χ4n) is 2.42. The van der Waals surface area contributed by atoms with E-state index in [0.29, 0.717) is 6.61 Å². The number of hydrogen-bond donors (Lipinski definition) is 1. The van der Waals surface area contributed by atoms with Crippen molar-refractivity contribution in [3.63, 3.8) is 0 Å². The van der Waals surface area contributed by atoms with Crippen molar-refractivity contribution < 1.29 is 18.8 Å². The zero-order valence-electron chi connectivity index (χ0n) is 12.9. The first-order valence-electron chi connectivity index (χ1n) is 7.14. The van der Waals surface area contributed by atoms with Crippen LogP contribution in [0.3, 0.4) is 0 Å². The van der Waals surface area contributed by atoms with Crippen LogP contribution in [-0.2, 0) is 25.4 Å². The molecule has 0 radical (unpaired) electrons. The van der Waals surface area contributed by atoms with Gasteiger partial charge < -0.3 is 19.4 Å². The lowest BCUT2D eigenvalue weighted by atomic mass is 9.78. The first-order chi connectivity index (χ1) is 9.78. The fourth-order valence-corrected chi connectivity index (χ4v) is 2.42. The third kappa shape index (κ3) is 2.59. The van der Waals surface area contributed by atoms with Gasteiger partial charge in [-0.1, -0.05) is 12.1 Å². The summed E-state index contributed by atoms with van der Waals surface area (Å²) in [6, 6.07) is 5.78. The summed E-state index contributed by atoms with van der Waals surface area (Å²) in [4.78, 5) is 11.5. The minimum absolute atomic E-state index is 0.0838. The van der Waals surface area contributed by atoms with Crippen LogP contribution in [0.5, 0.6) is 0 Å². The molecule has 112 valence electrons. The molecule has 1 aromatic rings. The molecule has 0 atom stereocenters. The Morgan fingerprint density at radius 3 is 2.43 bits per heavy atom. The van der Waals surface area contributed by atoms with E-state index in [4.69, 9.17) is 14.0 Å². The monoisotopic (exact) mass is 289 g/mol. The minimum atomic E-state index is -0.403. The smallest absolute Gasteiger partial charge is 0.399 e. The quantitative estimate of drug-likeness (QED) is 0.795. The molecule has 21 heavy (non-hydrogen) atoms. The Balaban J connectivity index is 1.88. The number of anilines is 1. The molecule has 1 N–H and O–H groups in total. The van der Waals surface area contributed by atoms with Crippen LogP contribution in [0.2, 0.25) is 0 Å². The lowest BCUT2D eigenvalue weighted by molar-refractivity contribution is -0.120. The van der Waals surface area contributed by atoms with Crippen LogP contribution in [0.15, 0.2) is 18.2 Å². The standard InChI is InChI=1S/C15H20BNO4/c1-14(2)15(3,4)21-16(20-14)11-5-6-12-10(7-11)8-19-9-13(18)17-12/h5-7H,8-9H2,1-4H3,(H,17,18). The number of rotatable bonds is 1. The Kier molecular flexibility index (Phi) is 3.35. The van der Waals surface area contributed by atoms with Gasteiger partial charge in [0.15, 0.2) is 0 Å². The molecule has 2 aliphatic rings. The van der Waals surface area contributed by atoms with Crippen molar-refractivity contribution in [2.45, 2.75) is 45.5 Å². The van der Waals surface area contributed by atoms with Gasteiger partial charge in [0.05, 0.1) is 17.8 Å². The highest BCUT2D eigenvalue weighted by Crippen LogP contribution is 2.36. The molecule has 0 bridgehead atoms. The van der Waals surface area contributed by atoms with Gasteiger partial charge in [-0.2, -0.15) is 0 Å². The second-order valence-corrected chi connectivity index (χ2v) is 6.55. The van der Waals surface area contributed by atoms with E-state index >= 15 is 0 Å². The lowest BCUT2D eigenvalue weighted by Crippen LogP contribution is -2.41. The highest BCUT2D eigenvalue weighted by atomic mass is 16.7. The van der Waals surface area contributed by atoms with Crippen LogP contribution < -0.4 is 10.8 Å². The molecular weight excluding hydrogens is 269 g/mol. The number of amides is 1. The average Bonchev–Trinajstić information content (AvgIpc) is 2.52. The van der Waals surface area contributed by atoms with Gasteiger partial charge in [-0.05, 0) is 39.2 Å². The molecule has 1 saturated heterocycles. The maximum atomic E-state index is 11.5. The Bertz CT molecular complexity index is 569. The number of ether oxygens (including phenoxy) is 1. The summed E-state index contributed by atoms with van der Waals surface area (Å²) in [7, 11) is -0.403. The van der Waals surface area contributed by atoms with Crippen molar-refractivity contribution in [2.24, 2.45) is 0 Å². The Morgan fingerprint density at radius 2 is 1.76 bits per heavy atom. The van der Waals surface area contributed by atoms with Crippen molar-refractivity contribution in [1.82, 2.24) is 0 Å². The molecule has 1 amide bonds. The van der Waals surface area contributed by atoms with Crippen LogP contribution in [0, 0.1) is 0 Å². The van der Waals surface area contributed by atoms with Crippen molar-refractivity contribution in [3.05, 3.63) is 23.8 Å². The number of carbonyl (C=O) groups excluding carboxylic acids is 1. The number of hydrogen-bond acceptors (Lipinski definition) is 4. The molecular formula is C15H20BNO4. The van der Waals surface area contributed by atoms with Crippen LogP contribution >= 0.6 is 0 Å². The number of fused-ring (bicyclic) bond motifs is 1. The van der Waals surface area contributed by atoms with Crippen molar-refractivity contribution in [3.8, 4) is 0 Å². The van der Waals surface area contributed by atoms with E-state index in [1.807, 2.05) is 45.9 Å². The van der Waals surface area contributed by atoms with Crippen LogP contribution in [-0.4, -0.2) is 30.8 Å². The predicted octanol–water partition coefficient (Wildman–Crippen LogP) is 1.45. The van der Waals surface area contributed by atoms with Crippen molar-refractivity contribution in [2.75, 3.05) is 11.9 Å². The number of carbonyl (C=O) groups is 1. The van der Waals surface area contributed by atoms with Gasteiger partial charge in [-0.25, -0.2) is 0 Å². The second-order valence-electron chi connectivity index (χ2n) is 6.55. The summed E-state index contributed by atoms with van der Waals surface area (Å²) < 4.78 is 17.4. The number of nitrogens with one attached hydrogen (secondary N) is 1. The predicted molar refractivity (Wildman–Crippen MR) is 80.4 cm³/mol. The molecule has 0 unspecified atom stereocenters. The highest BCUT2D eigenvalue weighted by Gasteiger charge is 2.51. The topological polar surface area (TPSA) is 56.8 Å². The summed E-state index contributed by atoms with van der Waals surface area (Å²) in [6.07, 6.45) is 0. The normalized spacial score (nSPS) is 23.4. The lowest BCUT2D eigenvalue weighted by Gasteiger charge is -2.32. The molecule has 2 aliphatic heterocycles. The molecule has 0 spiro atoms. The average molecular weight is 289 g/mol. The molecule has 0 saturated carbocycles. The van der Waals surface area contributed by atoms with E-state index in [2.05, 4.69) is 5.32 Å². The van der Waals surface area contributed by atoms with Crippen LogP contribution in [0.4, 0.5) is 5.69 Å². The first-order valence-corrected chi connectivity index (χ1v) is 7.14. The van der Waals surface area contributed by atoms with Gasteiger partial charge in [0.2, 0.25) is 5.91 Å². The third-order valence-electron chi connectivity index (χ3n) is 4.42. The Morgan fingerprint density at radius 1 is 1.10 bits per heavy atom. The molecule has 1 fully saturated rings. The first kappa shape index (κ1) is 14.6. The molecule has 0 aliphatic carbocycles. The van der Waals surface area contributed by atoms with E-state index in [1.54, 1.807) is 0 Å². The Hall–Kier alpha value is -1.37. The zero-order chi connectivity index (χ0) is 15.3. The second kappa shape index (κ2) is 4.83. The van der Waals surface area contributed by atoms with Gasteiger partial charge in [-0.3, -0.25) is 4.79 Å². The van der Waals surface area contributed by atoms with Crippen LogP contribution in [0.1, 0.15) is 33.3 Å². The summed E-state index contributed by atoms with van der Waals surface area (Å²) >= 11 is 0. The summed E-state index contributed by atoms with van der Waals surface area (Å²) in [5, 5.41) is 2.83. The Labute approximate surface area is 125 Å². The molecule has 0 aromatic heterocycles. The van der Waals surface area contributed by atoms with Gasteiger partial charge in [-0.15, -0.1) is 0 Å². The van der Waals surface area contributed by atoms with Gasteiger partial charge in [0, 0.05) is 11.3 Å². The van der Waals surface area contributed by atoms with Crippen molar-refractivity contribution in [1.29, 1.82) is 0 Å². The van der Waals surface area contributed by atoms with E-state index in [1.165, 1.54) is 0 Å². The maximum Gasteiger partial charge on any atom is 0.494 e. The van der Waals surface area contributed by atoms with E-state index in [-0.39, 0.29) is 23.7 Å². The molecule has 5 nitrogen and oxygen atoms in total. The fraction of sp³-hybridized carbons (Fsp3) is 0.533. The molecule has 3 rings (SSSR count). The summed E-state index contributed by atoms with van der Waals surface area (Å²) in [6.45, 7) is 8.60. The highest BCUT2D eigenvalue weighted by molar-refractivity contribution is 6.62. The van der Waals surface area contributed by atoms with E-state index in [9.17, 15) is 4.79 Å². The van der Waals surface area contributed by atoms with Gasteiger partial charge >= 0.3 is 7.12 Å². The van der Waals surface area contributed by atoms with Crippen molar-refractivity contribution >= 4 is 24.2 Å². The zero-order valence-corrected chi connectivity index (χ0v) is 12.9.